The molecular weight excluding hydrogens is 182 g/mol. The molecule has 0 radical (unpaired) electrons. The lowest BCUT2D eigenvalue weighted by Gasteiger charge is -2.32. The van der Waals surface area contributed by atoms with E-state index in [9.17, 15) is 4.79 Å². The SMILES string of the molecule is COC(=O)C1CC2(CCCCO2)CN1. The van der Waals surface area contributed by atoms with Gasteiger partial charge in [-0.2, -0.15) is 0 Å². The third-order valence-electron chi connectivity index (χ3n) is 3.17. The standard InChI is InChI=1S/C10H17NO3/c1-13-9(12)8-6-10(7-11-8)4-2-3-5-14-10/h8,11H,2-7H2,1H3. The molecule has 2 unspecified atom stereocenters. The molecule has 0 aromatic rings. The van der Waals surface area contributed by atoms with Crippen LogP contribution in [0.15, 0.2) is 0 Å². The van der Waals surface area contributed by atoms with Crippen LogP contribution in [0.3, 0.4) is 0 Å². The van der Waals surface area contributed by atoms with E-state index in [0.29, 0.717) is 0 Å². The average molecular weight is 199 g/mol. The number of methoxy groups -OCH3 is 1. The van der Waals surface area contributed by atoms with Gasteiger partial charge in [-0.1, -0.05) is 0 Å². The number of esters is 1. The van der Waals surface area contributed by atoms with Crippen molar-refractivity contribution in [3.8, 4) is 0 Å². The molecule has 14 heavy (non-hydrogen) atoms. The van der Waals surface area contributed by atoms with Gasteiger partial charge in [0.25, 0.3) is 0 Å². The lowest BCUT2D eigenvalue weighted by Crippen LogP contribution is -2.38. The molecule has 0 aromatic heterocycles. The summed E-state index contributed by atoms with van der Waals surface area (Å²) in [5.41, 5.74) is -0.0862. The van der Waals surface area contributed by atoms with E-state index in [-0.39, 0.29) is 17.6 Å². The molecule has 0 aliphatic carbocycles. The van der Waals surface area contributed by atoms with Gasteiger partial charge >= 0.3 is 5.97 Å². The van der Waals surface area contributed by atoms with E-state index >= 15 is 0 Å². The van der Waals surface area contributed by atoms with Crippen molar-refractivity contribution in [3.05, 3.63) is 0 Å². The van der Waals surface area contributed by atoms with Crippen LogP contribution in [0, 0.1) is 0 Å². The highest BCUT2D eigenvalue weighted by molar-refractivity contribution is 5.76. The molecular formula is C10H17NO3. The zero-order valence-electron chi connectivity index (χ0n) is 8.54. The normalized spacial score (nSPS) is 37.4. The quantitative estimate of drug-likeness (QED) is 0.623. The minimum Gasteiger partial charge on any atom is -0.468 e. The van der Waals surface area contributed by atoms with Gasteiger partial charge in [0.05, 0.1) is 12.7 Å². The van der Waals surface area contributed by atoms with Gasteiger partial charge in [-0.05, 0) is 19.3 Å². The molecule has 1 spiro atoms. The summed E-state index contributed by atoms with van der Waals surface area (Å²) < 4.78 is 10.5. The summed E-state index contributed by atoms with van der Waals surface area (Å²) in [6.45, 7) is 1.61. The summed E-state index contributed by atoms with van der Waals surface area (Å²) in [6, 6.07) is -0.168. The maximum atomic E-state index is 11.3. The van der Waals surface area contributed by atoms with Gasteiger partial charge in [0, 0.05) is 19.6 Å². The second-order valence-corrected chi connectivity index (χ2v) is 4.15. The first-order chi connectivity index (χ1) is 6.76. The molecule has 2 heterocycles. The minimum atomic E-state index is -0.170. The fourth-order valence-electron chi connectivity index (χ4n) is 2.34. The van der Waals surface area contributed by atoms with Crippen LogP contribution in [0.4, 0.5) is 0 Å². The van der Waals surface area contributed by atoms with Crippen LogP contribution in [-0.4, -0.2) is 37.9 Å². The number of nitrogens with one attached hydrogen (secondary N) is 1. The zero-order valence-corrected chi connectivity index (χ0v) is 8.54. The highest BCUT2D eigenvalue weighted by atomic mass is 16.5. The van der Waals surface area contributed by atoms with Crippen molar-refractivity contribution >= 4 is 5.97 Å². The average Bonchev–Trinajstić information content (AvgIpc) is 2.62. The van der Waals surface area contributed by atoms with Crippen molar-refractivity contribution in [1.82, 2.24) is 5.32 Å². The van der Waals surface area contributed by atoms with E-state index < -0.39 is 0 Å². The molecule has 0 saturated carbocycles. The number of carbonyl (C=O) groups is 1. The Hall–Kier alpha value is -0.610. The summed E-state index contributed by atoms with van der Waals surface area (Å²) in [5, 5.41) is 3.17. The number of ether oxygens (including phenoxy) is 2. The maximum Gasteiger partial charge on any atom is 0.322 e. The summed E-state index contributed by atoms with van der Waals surface area (Å²) in [6.07, 6.45) is 4.17. The molecule has 2 atom stereocenters. The number of rotatable bonds is 1. The molecule has 2 aliphatic heterocycles. The predicted octanol–water partition coefficient (Wildman–Crippen LogP) is 0.461. The molecule has 0 amide bonds. The number of hydrogen-bond donors (Lipinski definition) is 1. The molecule has 2 fully saturated rings. The van der Waals surface area contributed by atoms with E-state index in [4.69, 9.17) is 9.47 Å². The molecule has 2 saturated heterocycles. The first-order valence-corrected chi connectivity index (χ1v) is 5.21. The topological polar surface area (TPSA) is 47.6 Å². The monoisotopic (exact) mass is 199 g/mol. The highest BCUT2D eigenvalue weighted by Crippen LogP contribution is 2.32. The van der Waals surface area contributed by atoms with E-state index in [1.807, 2.05) is 0 Å². The first kappa shape index (κ1) is 9.93. The van der Waals surface area contributed by atoms with Crippen LogP contribution in [0.1, 0.15) is 25.7 Å². The Bertz CT molecular complexity index is 223. The molecule has 1 N–H and O–H groups in total. The van der Waals surface area contributed by atoms with Crippen LogP contribution in [-0.2, 0) is 14.3 Å². The Morgan fingerprint density at radius 2 is 2.43 bits per heavy atom. The van der Waals surface area contributed by atoms with Crippen molar-refractivity contribution in [3.63, 3.8) is 0 Å². The molecule has 2 aliphatic rings. The lowest BCUT2D eigenvalue weighted by atomic mass is 9.91. The summed E-state index contributed by atoms with van der Waals surface area (Å²) >= 11 is 0. The number of carbonyl (C=O) groups excluding carboxylic acids is 1. The zero-order chi connectivity index (χ0) is 10.0. The summed E-state index contributed by atoms with van der Waals surface area (Å²) in [4.78, 5) is 11.3. The smallest absolute Gasteiger partial charge is 0.322 e. The van der Waals surface area contributed by atoms with Gasteiger partial charge in [-0.25, -0.2) is 0 Å². The molecule has 4 nitrogen and oxygen atoms in total. The Morgan fingerprint density at radius 1 is 1.57 bits per heavy atom. The van der Waals surface area contributed by atoms with E-state index in [0.717, 1.165) is 32.4 Å². The minimum absolute atomic E-state index is 0.0862. The van der Waals surface area contributed by atoms with Crippen LogP contribution in [0.25, 0.3) is 0 Å². The molecule has 0 bridgehead atoms. The lowest BCUT2D eigenvalue weighted by molar-refractivity contribution is -0.143. The van der Waals surface area contributed by atoms with Gasteiger partial charge in [-0.15, -0.1) is 0 Å². The van der Waals surface area contributed by atoms with Crippen molar-refractivity contribution < 1.29 is 14.3 Å². The van der Waals surface area contributed by atoms with E-state index in [2.05, 4.69) is 5.32 Å². The Morgan fingerprint density at radius 3 is 3.07 bits per heavy atom. The van der Waals surface area contributed by atoms with Gasteiger partial charge in [-0.3, -0.25) is 4.79 Å². The predicted molar refractivity (Wildman–Crippen MR) is 51.0 cm³/mol. The Kier molecular flexibility index (Phi) is 2.74. The third-order valence-corrected chi connectivity index (χ3v) is 3.17. The number of hydrogen-bond acceptors (Lipinski definition) is 4. The summed E-state index contributed by atoms with van der Waals surface area (Å²) in [5.74, 6) is -0.170. The third kappa shape index (κ3) is 1.77. The first-order valence-electron chi connectivity index (χ1n) is 5.21. The summed E-state index contributed by atoms with van der Waals surface area (Å²) in [7, 11) is 1.43. The van der Waals surface area contributed by atoms with E-state index in [1.54, 1.807) is 0 Å². The van der Waals surface area contributed by atoms with Crippen molar-refractivity contribution in [1.29, 1.82) is 0 Å². The van der Waals surface area contributed by atoms with Crippen LogP contribution in [0.2, 0.25) is 0 Å². The van der Waals surface area contributed by atoms with Crippen molar-refractivity contribution in [2.24, 2.45) is 0 Å². The van der Waals surface area contributed by atoms with Crippen LogP contribution >= 0.6 is 0 Å². The second kappa shape index (κ2) is 3.87. The van der Waals surface area contributed by atoms with Crippen LogP contribution < -0.4 is 5.32 Å². The van der Waals surface area contributed by atoms with E-state index in [1.165, 1.54) is 13.5 Å². The fourth-order valence-corrected chi connectivity index (χ4v) is 2.34. The molecule has 80 valence electrons. The van der Waals surface area contributed by atoms with Crippen molar-refractivity contribution in [2.45, 2.75) is 37.3 Å². The fraction of sp³-hybridized carbons (Fsp3) is 0.900. The molecule has 4 heteroatoms. The Balaban J connectivity index is 1.95. The molecule has 2 rings (SSSR count). The largest absolute Gasteiger partial charge is 0.468 e. The second-order valence-electron chi connectivity index (χ2n) is 4.15. The van der Waals surface area contributed by atoms with Crippen LogP contribution in [0.5, 0.6) is 0 Å². The maximum absolute atomic E-state index is 11.3. The van der Waals surface area contributed by atoms with Gasteiger partial charge < -0.3 is 14.8 Å². The molecule has 0 aromatic carbocycles. The van der Waals surface area contributed by atoms with Crippen molar-refractivity contribution in [2.75, 3.05) is 20.3 Å². The Labute approximate surface area is 84.0 Å². The van der Waals surface area contributed by atoms with Gasteiger partial charge in [0.15, 0.2) is 0 Å². The van der Waals surface area contributed by atoms with Gasteiger partial charge in [0.2, 0.25) is 0 Å². The highest BCUT2D eigenvalue weighted by Gasteiger charge is 2.43. The van der Waals surface area contributed by atoms with Gasteiger partial charge in [0.1, 0.15) is 6.04 Å².